The Balaban J connectivity index is 1.47. The largest absolute Gasteiger partial charge is 0.362 e. The minimum Gasteiger partial charge on any atom is -0.362 e. The number of carbonyl (C=O) groups is 1. The van der Waals surface area contributed by atoms with Crippen LogP contribution in [0, 0.1) is 5.92 Å². The van der Waals surface area contributed by atoms with E-state index in [2.05, 4.69) is 96.5 Å². The fourth-order valence-electron chi connectivity index (χ4n) is 5.14. The molecule has 208 valence electrons. The van der Waals surface area contributed by atoms with Crippen LogP contribution in [0.15, 0.2) is 58.3 Å². The van der Waals surface area contributed by atoms with Crippen molar-refractivity contribution >= 4 is 45.4 Å². The van der Waals surface area contributed by atoms with Gasteiger partial charge in [0.25, 0.3) is 5.91 Å². The van der Waals surface area contributed by atoms with E-state index in [4.69, 9.17) is 9.97 Å². The summed E-state index contributed by atoms with van der Waals surface area (Å²) in [5, 5.41) is 4.22. The minimum absolute atomic E-state index is 0.0252. The third-order valence-corrected chi connectivity index (χ3v) is 8.29. The molecular weight excluding hydrogens is 572 g/mol. The second kappa shape index (κ2) is 11.8. The molecule has 0 saturated carbocycles. The van der Waals surface area contributed by atoms with E-state index in [0.29, 0.717) is 26.9 Å². The number of hydrogen-bond donors (Lipinski definition) is 2. The van der Waals surface area contributed by atoms with E-state index >= 15 is 0 Å². The molecule has 0 bridgehead atoms. The Labute approximate surface area is 245 Å². The van der Waals surface area contributed by atoms with Crippen molar-refractivity contribution < 1.29 is 4.79 Å². The molecule has 4 heterocycles. The molecule has 1 aliphatic heterocycles. The molecule has 7 nitrogen and oxygen atoms in total. The number of amides is 1. The Morgan fingerprint density at radius 3 is 2.64 bits per heavy atom. The zero-order chi connectivity index (χ0) is 28.4. The van der Waals surface area contributed by atoms with E-state index in [9.17, 15) is 4.79 Å². The molecule has 1 amide bonds. The molecule has 0 radical (unpaired) electrons. The molecular formula is C30H39BrN6OS. The lowest BCUT2D eigenvalue weighted by Gasteiger charge is -2.33. The summed E-state index contributed by atoms with van der Waals surface area (Å²) >= 11 is 4.69. The Morgan fingerprint density at radius 1 is 1.21 bits per heavy atom. The smallest absolute Gasteiger partial charge is 0.265 e. The number of rotatable bonds is 8. The zero-order valence-electron chi connectivity index (χ0n) is 23.9. The molecule has 1 aliphatic rings. The van der Waals surface area contributed by atoms with Gasteiger partial charge in [-0.2, -0.15) is 0 Å². The van der Waals surface area contributed by atoms with Crippen LogP contribution in [-0.2, 0) is 5.41 Å². The molecule has 9 heteroatoms. The number of anilines is 2. The van der Waals surface area contributed by atoms with Gasteiger partial charge in [0.05, 0.1) is 17.3 Å². The first-order valence-electron chi connectivity index (χ1n) is 13.5. The molecule has 0 spiro atoms. The lowest BCUT2D eigenvalue weighted by atomic mass is 9.87. The molecule has 0 aliphatic carbocycles. The second-order valence-electron chi connectivity index (χ2n) is 12.0. The van der Waals surface area contributed by atoms with Crippen molar-refractivity contribution in [2.24, 2.45) is 5.92 Å². The molecule has 3 aromatic rings. The van der Waals surface area contributed by atoms with Crippen LogP contribution in [0.2, 0.25) is 0 Å². The quantitative estimate of drug-likeness (QED) is 0.201. The topological polar surface area (TPSA) is 83.0 Å². The van der Waals surface area contributed by atoms with Gasteiger partial charge < -0.3 is 10.2 Å². The molecule has 3 aromatic heterocycles. The van der Waals surface area contributed by atoms with E-state index < -0.39 is 0 Å². The van der Waals surface area contributed by atoms with Gasteiger partial charge in [0.15, 0.2) is 0 Å². The number of pyridine rings is 3. The maximum Gasteiger partial charge on any atom is 0.265 e. The van der Waals surface area contributed by atoms with E-state index in [1.54, 1.807) is 0 Å². The molecule has 0 aromatic carbocycles. The van der Waals surface area contributed by atoms with Gasteiger partial charge in [-0.25, -0.2) is 9.97 Å². The Bertz CT molecular complexity index is 1320. The van der Waals surface area contributed by atoms with Crippen LogP contribution in [0.4, 0.5) is 11.6 Å². The summed E-state index contributed by atoms with van der Waals surface area (Å²) in [5.41, 5.74) is 2.77. The van der Waals surface area contributed by atoms with Crippen LogP contribution in [0.1, 0.15) is 89.0 Å². The second-order valence-corrected chi connectivity index (χ2v) is 13.6. The Morgan fingerprint density at radius 2 is 1.97 bits per heavy atom. The molecule has 2 unspecified atom stereocenters. The summed E-state index contributed by atoms with van der Waals surface area (Å²) < 4.78 is 3.69. The van der Waals surface area contributed by atoms with Crippen LogP contribution >= 0.6 is 27.9 Å². The highest BCUT2D eigenvalue weighted by atomic mass is 79.9. The van der Waals surface area contributed by atoms with Crippen LogP contribution in [0.5, 0.6) is 0 Å². The number of hydrogen-bond acceptors (Lipinski definition) is 7. The minimum atomic E-state index is -0.194. The predicted octanol–water partition coefficient (Wildman–Crippen LogP) is 7.56. The number of carbonyl (C=O) groups excluding carboxylic acids is 1. The van der Waals surface area contributed by atoms with E-state index in [1.165, 1.54) is 17.5 Å². The summed E-state index contributed by atoms with van der Waals surface area (Å²) in [4.78, 5) is 29.7. The van der Waals surface area contributed by atoms with Gasteiger partial charge in [-0.05, 0) is 95.9 Å². The summed E-state index contributed by atoms with van der Waals surface area (Å²) in [5.74, 6) is 1.78. The molecule has 4 rings (SSSR count). The summed E-state index contributed by atoms with van der Waals surface area (Å²) in [7, 11) is 0. The van der Waals surface area contributed by atoms with Gasteiger partial charge in [0.1, 0.15) is 21.3 Å². The van der Waals surface area contributed by atoms with E-state index in [-0.39, 0.29) is 22.9 Å². The molecule has 2 atom stereocenters. The average Bonchev–Trinajstić information content (AvgIpc) is 3.17. The first-order valence-corrected chi connectivity index (χ1v) is 15.1. The predicted molar refractivity (Wildman–Crippen MR) is 164 cm³/mol. The van der Waals surface area contributed by atoms with Gasteiger partial charge in [0, 0.05) is 30.2 Å². The van der Waals surface area contributed by atoms with Gasteiger partial charge in [0.2, 0.25) is 0 Å². The standard InChI is InChI=1S/C30H39BrN6OS/c1-8-22(23-16-20(14-15-32-23)29(3,4)5)33-25-10-9-11-26(35-25)39-36-28(38)21-12-13-24(31)34-27(21)37-18-19(2)17-30(37,6)7/h9-16,19,22H,8,17-18H2,1-7H3,(H,33,35)(H,36,38). The van der Waals surface area contributed by atoms with Gasteiger partial charge >= 0.3 is 0 Å². The summed E-state index contributed by atoms with van der Waals surface area (Å²) in [6, 6.07) is 13.7. The van der Waals surface area contributed by atoms with Gasteiger partial charge in [-0.1, -0.05) is 40.7 Å². The molecule has 1 fully saturated rings. The number of nitrogens with one attached hydrogen (secondary N) is 2. The number of nitrogens with zero attached hydrogens (tertiary/aromatic N) is 4. The fraction of sp³-hybridized carbons (Fsp3) is 0.467. The van der Waals surface area contributed by atoms with Crippen molar-refractivity contribution in [3.05, 3.63) is 70.1 Å². The van der Waals surface area contributed by atoms with Crippen molar-refractivity contribution in [3.8, 4) is 0 Å². The SMILES string of the molecule is CCC(Nc1cccc(SNC(=O)c2ccc(Br)nc2N2CC(C)CC2(C)C)n1)c1cc(C(C)(C)C)ccn1. The molecule has 2 N–H and O–H groups in total. The van der Waals surface area contributed by atoms with Gasteiger partial charge in [-0.15, -0.1) is 0 Å². The third-order valence-electron chi connectivity index (χ3n) is 7.12. The Hall–Kier alpha value is -2.65. The maximum atomic E-state index is 13.3. The van der Waals surface area contributed by atoms with E-state index in [0.717, 1.165) is 30.9 Å². The average molecular weight is 612 g/mol. The van der Waals surface area contributed by atoms with Crippen molar-refractivity contribution in [1.82, 2.24) is 19.7 Å². The first-order chi connectivity index (χ1) is 18.4. The monoisotopic (exact) mass is 610 g/mol. The fourth-order valence-corrected chi connectivity index (χ4v) is 6.04. The summed E-state index contributed by atoms with van der Waals surface area (Å²) in [6.45, 7) is 16.3. The van der Waals surface area contributed by atoms with Crippen molar-refractivity contribution in [3.63, 3.8) is 0 Å². The zero-order valence-corrected chi connectivity index (χ0v) is 26.3. The Kier molecular flexibility index (Phi) is 8.91. The van der Waals surface area contributed by atoms with Crippen LogP contribution < -0.4 is 14.9 Å². The van der Waals surface area contributed by atoms with Crippen molar-refractivity contribution in [1.29, 1.82) is 0 Å². The molecule has 1 saturated heterocycles. The van der Waals surface area contributed by atoms with Crippen LogP contribution in [-0.4, -0.2) is 32.9 Å². The van der Waals surface area contributed by atoms with Crippen LogP contribution in [0.25, 0.3) is 0 Å². The van der Waals surface area contributed by atoms with Crippen molar-refractivity contribution in [2.45, 2.75) is 83.3 Å². The summed E-state index contributed by atoms with van der Waals surface area (Å²) in [6.07, 6.45) is 3.79. The lowest BCUT2D eigenvalue weighted by molar-refractivity contribution is 0.0984. The van der Waals surface area contributed by atoms with Crippen LogP contribution in [0.3, 0.4) is 0 Å². The highest BCUT2D eigenvalue weighted by Crippen LogP contribution is 2.38. The number of halogens is 1. The van der Waals surface area contributed by atoms with E-state index in [1.807, 2.05) is 36.5 Å². The normalized spacial score (nSPS) is 17.6. The third kappa shape index (κ3) is 7.11. The molecule has 39 heavy (non-hydrogen) atoms. The number of aromatic nitrogens is 3. The highest BCUT2D eigenvalue weighted by molar-refractivity contribution is 9.10. The highest BCUT2D eigenvalue weighted by Gasteiger charge is 2.39. The first kappa shape index (κ1) is 29.3. The maximum absolute atomic E-state index is 13.3. The lowest BCUT2D eigenvalue weighted by Crippen LogP contribution is -2.40. The van der Waals surface area contributed by atoms with Gasteiger partial charge in [-0.3, -0.25) is 14.5 Å². The van der Waals surface area contributed by atoms with Crippen molar-refractivity contribution in [2.75, 3.05) is 16.8 Å².